The van der Waals surface area contributed by atoms with Gasteiger partial charge in [0.1, 0.15) is 0 Å². The molecule has 0 unspecified atom stereocenters. The summed E-state index contributed by atoms with van der Waals surface area (Å²) in [4.78, 5) is 17.5. The number of para-hydroxylation sites is 1. The van der Waals surface area contributed by atoms with Gasteiger partial charge >= 0.3 is 5.69 Å². The van der Waals surface area contributed by atoms with E-state index in [1.807, 2.05) is 22.8 Å². The molecular weight excluding hydrogens is 274 g/mol. The highest BCUT2D eigenvalue weighted by Crippen LogP contribution is 2.23. The zero-order valence-electron chi connectivity index (χ0n) is 11.7. The second-order valence-electron chi connectivity index (χ2n) is 5.55. The van der Waals surface area contributed by atoms with E-state index >= 15 is 0 Å². The molecule has 1 aromatic carbocycles. The summed E-state index contributed by atoms with van der Waals surface area (Å²) < 4.78 is 1.84. The van der Waals surface area contributed by atoms with E-state index in [0.29, 0.717) is 10.9 Å². The predicted octanol–water partition coefficient (Wildman–Crippen LogP) is 2.71. The maximum atomic E-state index is 12.1. The Morgan fingerprint density at radius 2 is 2.10 bits per heavy atom. The van der Waals surface area contributed by atoms with Crippen molar-refractivity contribution in [1.29, 1.82) is 0 Å². The second-order valence-corrected chi connectivity index (χ2v) is 5.96. The van der Waals surface area contributed by atoms with Gasteiger partial charge in [-0.1, -0.05) is 24.6 Å². The van der Waals surface area contributed by atoms with Crippen LogP contribution < -0.4 is 5.69 Å². The van der Waals surface area contributed by atoms with E-state index in [0.717, 1.165) is 50.1 Å². The molecule has 1 saturated heterocycles. The van der Waals surface area contributed by atoms with Crippen LogP contribution in [-0.2, 0) is 6.54 Å². The maximum absolute atomic E-state index is 12.1. The van der Waals surface area contributed by atoms with Crippen LogP contribution in [0.4, 0.5) is 0 Å². The van der Waals surface area contributed by atoms with E-state index in [9.17, 15) is 4.79 Å². The van der Waals surface area contributed by atoms with Crippen molar-refractivity contribution >= 4 is 22.6 Å². The lowest BCUT2D eigenvalue weighted by Gasteiger charge is -2.31. The SMILES string of the molecule is CCN1CCC(Cn2c(=O)[nH]c3c(Cl)cccc32)CC1. The van der Waals surface area contributed by atoms with Crippen LogP contribution in [-0.4, -0.2) is 34.1 Å². The van der Waals surface area contributed by atoms with Gasteiger partial charge in [0, 0.05) is 6.54 Å². The Morgan fingerprint density at radius 3 is 2.80 bits per heavy atom. The topological polar surface area (TPSA) is 41.0 Å². The molecule has 2 aromatic rings. The van der Waals surface area contributed by atoms with Crippen molar-refractivity contribution in [3.8, 4) is 0 Å². The Morgan fingerprint density at radius 1 is 1.35 bits per heavy atom. The Kier molecular flexibility index (Phi) is 3.85. The zero-order chi connectivity index (χ0) is 14.1. The third kappa shape index (κ3) is 2.50. The van der Waals surface area contributed by atoms with Gasteiger partial charge in [0.05, 0.1) is 16.1 Å². The fraction of sp³-hybridized carbons (Fsp3) is 0.533. The van der Waals surface area contributed by atoms with Gasteiger partial charge in [-0.2, -0.15) is 0 Å². The van der Waals surface area contributed by atoms with Crippen molar-refractivity contribution in [3.63, 3.8) is 0 Å². The number of piperidine rings is 1. The predicted molar refractivity (Wildman–Crippen MR) is 82.4 cm³/mol. The van der Waals surface area contributed by atoms with Crippen molar-refractivity contribution in [2.45, 2.75) is 26.3 Å². The number of hydrogen-bond acceptors (Lipinski definition) is 2. The number of likely N-dealkylation sites (tertiary alicyclic amines) is 1. The number of nitrogens with zero attached hydrogens (tertiary/aromatic N) is 2. The lowest BCUT2D eigenvalue weighted by molar-refractivity contribution is 0.181. The van der Waals surface area contributed by atoms with Gasteiger partial charge in [0.15, 0.2) is 0 Å². The fourth-order valence-electron chi connectivity index (χ4n) is 3.07. The first-order chi connectivity index (χ1) is 9.69. The van der Waals surface area contributed by atoms with Crippen LogP contribution in [0.25, 0.3) is 11.0 Å². The van der Waals surface area contributed by atoms with Crippen molar-refractivity contribution in [2.75, 3.05) is 19.6 Å². The number of benzene rings is 1. The van der Waals surface area contributed by atoms with E-state index in [-0.39, 0.29) is 5.69 Å². The molecule has 1 fully saturated rings. The Hall–Kier alpha value is -1.26. The summed E-state index contributed by atoms with van der Waals surface area (Å²) in [7, 11) is 0. The van der Waals surface area contributed by atoms with E-state index < -0.39 is 0 Å². The number of halogens is 1. The minimum Gasteiger partial charge on any atom is -0.304 e. The highest BCUT2D eigenvalue weighted by atomic mass is 35.5. The van der Waals surface area contributed by atoms with Crippen LogP contribution in [0.2, 0.25) is 5.02 Å². The van der Waals surface area contributed by atoms with E-state index in [2.05, 4.69) is 16.8 Å². The number of hydrogen-bond donors (Lipinski definition) is 1. The van der Waals surface area contributed by atoms with Gasteiger partial charge in [0.25, 0.3) is 0 Å². The molecule has 0 atom stereocenters. The summed E-state index contributed by atoms with van der Waals surface area (Å²) >= 11 is 6.13. The largest absolute Gasteiger partial charge is 0.326 e. The van der Waals surface area contributed by atoms with Crippen molar-refractivity contribution in [2.24, 2.45) is 5.92 Å². The Balaban J connectivity index is 1.83. The smallest absolute Gasteiger partial charge is 0.304 e. The molecule has 0 radical (unpaired) electrons. The Labute approximate surface area is 123 Å². The maximum Gasteiger partial charge on any atom is 0.326 e. The van der Waals surface area contributed by atoms with Gasteiger partial charge in [-0.3, -0.25) is 4.57 Å². The third-order valence-electron chi connectivity index (χ3n) is 4.35. The first-order valence-corrected chi connectivity index (χ1v) is 7.66. The number of aromatic nitrogens is 2. The summed E-state index contributed by atoms with van der Waals surface area (Å²) in [5.74, 6) is 0.577. The van der Waals surface area contributed by atoms with Crippen LogP contribution >= 0.6 is 11.6 Å². The summed E-state index contributed by atoms with van der Waals surface area (Å²) in [6, 6.07) is 5.67. The van der Waals surface area contributed by atoms with Crippen molar-refractivity contribution in [1.82, 2.24) is 14.5 Å². The van der Waals surface area contributed by atoms with Crippen LogP contribution in [0.3, 0.4) is 0 Å². The van der Waals surface area contributed by atoms with Gasteiger partial charge in [-0.15, -0.1) is 0 Å². The summed E-state index contributed by atoms with van der Waals surface area (Å²) in [5, 5.41) is 0.610. The molecule has 1 aliphatic heterocycles. The lowest BCUT2D eigenvalue weighted by atomic mass is 9.97. The minimum atomic E-state index is -0.0500. The molecule has 0 amide bonds. The number of imidazole rings is 1. The van der Waals surface area contributed by atoms with Gasteiger partial charge < -0.3 is 9.88 Å². The number of nitrogens with one attached hydrogen (secondary N) is 1. The molecule has 3 rings (SSSR count). The number of fused-ring (bicyclic) bond motifs is 1. The molecule has 108 valence electrons. The van der Waals surface area contributed by atoms with Gasteiger partial charge in [-0.25, -0.2) is 4.79 Å². The van der Waals surface area contributed by atoms with Crippen LogP contribution in [0.15, 0.2) is 23.0 Å². The quantitative estimate of drug-likeness (QED) is 0.945. The van der Waals surface area contributed by atoms with E-state index in [1.165, 1.54) is 0 Å². The normalized spacial score (nSPS) is 17.9. The van der Waals surface area contributed by atoms with Gasteiger partial charge in [-0.05, 0) is 50.5 Å². The molecule has 0 bridgehead atoms. The molecule has 5 heteroatoms. The molecule has 1 aromatic heterocycles. The fourth-order valence-corrected chi connectivity index (χ4v) is 3.29. The average Bonchev–Trinajstić information content (AvgIpc) is 2.78. The van der Waals surface area contributed by atoms with Crippen LogP contribution in [0, 0.1) is 5.92 Å². The van der Waals surface area contributed by atoms with E-state index in [1.54, 1.807) is 0 Å². The molecular formula is C15H20ClN3O. The molecule has 1 N–H and O–H groups in total. The minimum absolute atomic E-state index is 0.0500. The highest BCUT2D eigenvalue weighted by molar-refractivity contribution is 6.34. The molecule has 0 spiro atoms. The lowest BCUT2D eigenvalue weighted by Crippen LogP contribution is -2.35. The average molecular weight is 294 g/mol. The number of H-pyrrole nitrogens is 1. The van der Waals surface area contributed by atoms with Crippen molar-refractivity contribution < 1.29 is 0 Å². The summed E-state index contributed by atoms with van der Waals surface area (Å²) in [5.41, 5.74) is 1.62. The number of aromatic amines is 1. The Bertz CT molecular complexity index is 653. The van der Waals surface area contributed by atoms with Gasteiger partial charge in [0.2, 0.25) is 0 Å². The standard InChI is InChI=1S/C15H20ClN3O/c1-2-18-8-6-11(7-9-18)10-19-13-5-3-4-12(16)14(13)17-15(19)20/h3-5,11H,2,6-10H2,1H3,(H,17,20). The van der Waals surface area contributed by atoms with Crippen molar-refractivity contribution in [3.05, 3.63) is 33.7 Å². The summed E-state index contributed by atoms with van der Waals surface area (Å²) in [6.45, 7) is 6.39. The van der Waals surface area contributed by atoms with E-state index in [4.69, 9.17) is 11.6 Å². The molecule has 4 nitrogen and oxygen atoms in total. The number of rotatable bonds is 3. The summed E-state index contributed by atoms with van der Waals surface area (Å²) in [6.07, 6.45) is 2.32. The third-order valence-corrected chi connectivity index (χ3v) is 4.67. The molecule has 2 heterocycles. The monoisotopic (exact) mass is 293 g/mol. The highest BCUT2D eigenvalue weighted by Gasteiger charge is 2.20. The first kappa shape index (κ1) is 13.7. The molecule has 1 aliphatic rings. The van der Waals surface area contributed by atoms with Crippen LogP contribution in [0.5, 0.6) is 0 Å². The first-order valence-electron chi connectivity index (χ1n) is 7.28. The second kappa shape index (κ2) is 5.62. The van der Waals surface area contributed by atoms with Crippen LogP contribution in [0.1, 0.15) is 19.8 Å². The molecule has 0 aliphatic carbocycles. The zero-order valence-corrected chi connectivity index (χ0v) is 12.5. The molecule has 20 heavy (non-hydrogen) atoms. The molecule has 0 saturated carbocycles.